The van der Waals surface area contributed by atoms with Gasteiger partial charge in [0.15, 0.2) is 10.8 Å². The van der Waals surface area contributed by atoms with Crippen LogP contribution in [0.1, 0.15) is 38.0 Å². The molecule has 2 heterocycles. The van der Waals surface area contributed by atoms with Crippen molar-refractivity contribution >= 4 is 11.3 Å². The Balaban J connectivity index is 1.80. The van der Waals surface area contributed by atoms with E-state index in [9.17, 15) is 0 Å². The molecule has 0 aliphatic rings. The quantitative estimate of drug-likeness (QED) is 0.756. The van der Waals surface area contributed by atoms with E-state index in [1.807, 2.05) is 12.1 Å². The third kappa shape index (κ3) is 4.42. The molecule has 0 spiro atoms. The number of hydrogen-bond donors (Lipinski definition) is 1. The monoisotopic (exact) mass is 293 g/mol. The normalized spacial score (nSPS) is 11.4. The molecular weight excluding hydrogens is 270 g/mol. The van der Waals surface area contributed by atoms with E-state index in [1.54, 1.807) is 11.3 Å². The third-order valence-corrected chi connectivity index (χ3v) is 3.98. The van der Waals surface area contributed by atoms with Gasteiger partial charge in [-0.1, -0.05) is 32.1 Å². The molecule has 2 aromatic rings. The second kappa shape index (κ2) is 7.55. The molecule has 0 radical (unpaired) electrons. The fourth-order valence-corrected chi connectivity index (χ4v) is 2.74. The van der Waals surface area contributed by atoms with Crippen LogP contribution < -0.4 is 5.32 Å². The first-order valence-corrected chi connectivity index (χ1v) is 8.13. The Labute approximate surface area is 124 Å². The number of nitrogens with zero attached hydrogens (tertiary/aromatic N) is 2. The predicted octanol–water partition coefficient (Wildman–Crippen LogP) is 3.54. The Bertz CT molecular complexity index is 519. The summed E-state index contributed by atoms with van der Waals surface area (Å²) in [5.41, 5.74) is 0. The average molecular weight is 293 g/mol. The first-order chi connectivity index (χ1) is 9.69. The lowest BCUT2D eigenvalue weighted by Gasteiger charge is -2.05. The summed E-state index contributed by atoms with van der Waals surface area (Å²) in [6, 6.07) is 3.99. The lowest BCUT2D eigenvalue weighted by molar-refractivity contribution is 0.528. The van der Waals surface area contributed by atoms with Crippen LogP contribution >= 0.6 is 11.3 Å². The van der Waals surface area contributed by atoms with Crippen LogP contribution in [0.15, 0.2) is 16.5 Å². The van der Waals surface area contributed by atoms with Gasteiger partial charge in [-0.25, -0.2) is 0 Å². The van der Waals surface area contributed by atoms with Crippen molar-refractivity contribution in [3.8, 4) is 10.8 Å². The Morgan fingerprint density at radius 3 is 2.85 bits per heavy atom. The molecule has 5 heteroatoms. The van der Waals surface area contributed by atoms with Crippen molar-refractivity contribution in [1.29, 1.82) is 0 Å². The van der Waals surface area contributed by atoms with Crippen LogP contribution in [-0.4, -0.2) is 23.3 Å². The highest BCUT2D eigenvalue weighted by atomic mass is 32.1. The molecule has 0 saturated carbocycles. The fourth-order valence-electron chi connectivity index (χ4n) is 1.89. The maximum atomic E-state index is 5.70. The molecule has 2 rings (SSSR count). The number of nitrogens with one attached hydrogen (secondary N) is 1. The van der Waals surface area contributed by atoms with Crippen molar-refractivity contribution in [3.63, 3.8) is 0 Å². The summed E-state index contributed by atoms with van der Waals surface area (Å²) in [5.74, 6) is 2.54. The van der Waals surface area contributed by atoms with Gasteiger partial charge in [0.05, 0.1) is 0 Å². The third-order valence-electron chi connectivity index (χ3n) is 2.98. The molecule has 0 fully saturated rings. The molecule has 0 aliphatic carbocycles. The van der Waals surface area contributed by atoms with Crippen LogP contribution in [0.5, 0.6) is 0 Å². The van der Waals surface area contributed by atoms with Crippen molar-refractivity contribution in [2.75, 3.05) is 13.1 Å². The number of hydrogen-bond acceptors (Lipinski definition) is 5. The van der Waals surface area contributed by atoms with Gasteiger partial charge in [-0.3, -0.25) is 0 Å². The summed E-state index contributed by atoms with van der Waals surface area (Å²) < 4.78 is 5.70. The van der Waals surface area contributed by atoms with Crippen molar-refractivity contribution in [3.05, 3.63) is 22.9 Å². The van der Waals surface area contributed by atoms with Crippen LogP contribution in [0, 0.1) is 5.92 Å². The van der Waals surface area contributed by atoms with Gasteiger partial charge >= 0.3 is 0 Å². The molecule has 0 unspecified atom stereocenters. The summed E-state index contributed by atoms with van der Waals surface area (Å²) >= 11 is 1.63. The topological polar surface area (TPSA) is 51.0 Å². The van der Waals surface area contributed by atoms with Crippen molar-refractivity contribution in [2.45, 2.75) is 40.0 Å². The van der Waals surface area contributed by atoms with Crippen LogP contribution in [0.2, 0.25) is 0 Å². The Morgan fingerprint density at radius 1 is 1.30 bits per heavy atom. The summed E-state index contributed by atoms with van der Waals surface area (Å²) in [7, 11) is 0. The molecule has 1 N–H and O–H groups in total. The highest BCUT2D eigenvalue weighted by Crippen LogP contribution is 2.26. The van der Waals surface area contributed by atoms with E-state index in [4.69, 9.17) is 4.42 Å². The molecule has 20 heavy (non-hydrogen) atoms. The summed E-state index contributed by atoms with van der Waals surface area (Å²) in [6.45, 7) is 8.63. The molecule has 0 saturated heterocycles. The molecule has 110 valence electrons. The van der Waals surface area contributed by atoms with E-state index in [1.165, 1.54) is 0 Å². The van der Waals surface area contributed by atoms with E-state index >= 15 is 0 Å². The minimum Gasteiger partial charge on any atom is -0.459 e. The zero-order valence-corrected chi connectivity index (χ0v) is 13.3. The second-order valence-electron chi connectivity index (χ2n) is 5.32. The lowest BCUT2D eigenvalue weighted by atomic mass is 10.2. The first kappa shape index (κ1) is 15.2. The van der Waals surface area contributed by atoms with E-state index in [0.29, 0.717) is 5.92 Å². The van der Waals surface area contributed by atoms with E-state index in [-0.39, 0.29) is 0 Å². The second-order valence-corrected chi connectivity index (χ2v) is 6.38. The Morgan fingerprint density at radius 2 is 2.15 bits per heavy atom. The van der Waals surface area contributed by atoms with Crippen LogP contribution in [0.25, 0.3) is 10.8 Å². The van der Waals surface area contributed by atoms with Crippen molar-refractivity contribution in [2.24, 2.45) is 5.92 Å². The summed E-state index contributed by atoms with van der Waals surface area (Å²) in [5, 5.41) is 13.9. The largest absolute Gasteiger partial charge is 0.459 e. The SMILES string of the molecule is CCc1ccc(-c2nnc(CCCNCC(C)C)s2)o1. The van der Waals surface area contributed by atoms with E-state index < -0.39 is 0 Å². The minimum atomic E-state index is 0.704. The van der Waals surface area contributed by atoms with Gasteiger partial charge in [-0.2, -0.15) is 0 Å². The van der Waals surface area contributed by atoms with Gasteiger partial charge in [0, 0.05) is 12.8 Å². The zero-order chi connectivity index (χ0) is 14.4. The summed E-state index contributed by atoms with van der Waals surface area (Å²) in [4.78, 5) is 0. The maximum Gasteiger partial charge on any atom is 0.183 e. The Kier molecular flexibility index (Phi) is 5.73. The first-order valence-electron chi connectivity index (χ1n) is 7.31. The molecule has 4 nitrogen and oxygen atoms in total. The average Bonchev–Trinajstić information content (AvgIpc) is 3.06. The summed E-state index contributed by atoms with van der Waals surface area (Å²) in [6.07, 6.45) is 2.98. The van der Waals surface area contributed by atoms with E-state index in [0.717, 1.165) is 53.9 Å². The van der Waals surface area contributed by atoms with Gasteiger partial charge < -0.3 is 9.73 Å². The van der Waals surface area contributed by atoms with Crippen molar-refractivity contribution < 1.29 is 4.42 Å². The molecule has 0 aliphatic heterocycles. The van der Waals surface area contributed by atoms with Gasteiger partial charge in [0.25, 0.3) is 0 Å². The molecule has 0 aromatic carbocycles. The predicted molar refractivity (Wildman–Crippen MR) is 83.0 cm³/mol. The van der Waals surface area contributed by atoms with Gasteiger partial charge in [0.2, 0.25) is 0 Å². The number of aromatic nitrogens is 2. The van der Waals surface area contributed by atoms with Crippen LogP contribution in [-0.2, 0) is 12.8 Å². The molecule has 2 aromatic heterocycles. The maximum absolute atomic E-state index is 5.70. The number of aryl methyl sites for hydroxylation is 2. The number of rotatable bonds is 8. The van der Waals surface area contributed by atoms with Gasteiger partial charge in [-0.15, -0.1) is 10.2 Å². The molecular formula is C15H23N3OS. The van der Waals surface area contributed by atoms with Crippen LogP contribution in [0.4, 0.5) is 0 Å². The number of furan rings is 1. The van der Waals surface area contributed by atoms with Crippen LogP contribution in [0.3, 0.4) is 0 Å². The minimum absolute atomic E-state index is 0.704. The smallest absolute Gasteiger partial charge is 0.183 e. The fraction of sp³-hybridized carbons (Fsp3) is 0.600. The Hall–Kier alpha value is -1.20. The highest BCUT2D eigenvalue weighted by molar-refractivity contribution is 7.14. The molecule has 0 amide bonds. The molecule has 0 atom stereocenters. The highest BCUT2D eigenvalue weighted by Gasteiger charge is 2.10. The van der Waals surface area contributed by atoms with E-state index in [2.05, 4.69) is 36.3 Å². The van der Waals surface area contributed by atoms with Gasteiger partial charge in [-0.05, 0) is 37.6 Å². The lowest BCUT2D eigenvalue weighted by Crippen LogP contribution is -2.21. The standard InChI is InChI=1S/C15H23N3OS/c1-4-12-7-8-13(19-12)15-18-17-14(20-15)6-5-9-16-10-11(2)3/h7-8,11,16H,4-6,9-10H2,1-3H3. The zero-order valence-electron chi connectivity index (χ0n) is 12.5. The van der Waals surface area contributed by atoms with Crippen molar-refractivity contribution in [1.82, 2.24) is 15.5 Å². The molecule has 0 bridgehead atoms. The van der Waals surface area contributed by atoms with Gasteiger partial charge in [0.1, 0.15) is 10.8 Å².